The monoisotopic (exact) mass is 214 g/mol. The predicted molar refractivity (Wildman–Crippen MR) is 62.7 cm³/mol. The molecular formula is C13H14N2O. The normalized spacial score (nSPS) is 14.4. The number of hydrogen-bond acceptors (Lipinski definition) is 3. The summed E-state index contributed by atoms with van der Waals surface area (Å²) < 4.78 is 0. The van der Waals surface area contributed by atoms with Gasteiger partial charge in [-0.2, -0.15) is 0 Å². The Morgan fingerprint density at radius 3 is 2.31 bits per heavy atom. The summed E-state index contributed by atoms with van der Waals surface area (Å²) in [6, 6.07) is 14.8. The summed E-state index contributed by atoms with van der Waals surface area (Å²) in [7, 11) is 0. The standard InChI is InChI=1S/C13H14N2O/c14-10-13(16,11-6-2-1-3-7-11)12-8-4-5-9-15-12/h1-9,16H,10,14H2. The molecule has 1 heterocycles. The Labute approximate surface area is 94.6 Å². The average Bonchev–Trinajstić information content (AvgIpc) is 2.40. The quantitative estimate of drug-likeness (QED) is 0.809. The summed E-state index contributed by atoms with van der Waals surface area (Å²) in [6.07, 6.45) is 1.65. The molecule has 0 aliphatic heterocycles. The Hall–Kier alpha value is -1.71. The van der Waals surface area contributed by atoms with Gasteiger partial charge in [0, 0.05) is 12.7 Å². The lowest BCUT2D eigenvalue weighted by molar-refractivity contribution is 0.0855. The first-order valence-electron chi connectivity index (χ1n) is 5.17. The van der Waals surface area contributed by atoms with Crippen LogP contribution in [0.1, 0.15) is 11.3 Å². The maximum absolute atomic E-state index is 10.6. The van der Waals surface area contributed by atoms with E-state index in [2.05, 4.69) is 4.98 Å². The predicted octanol–water partition coefficient (Wildman–Crippen LogP) is 1.28. The zero-order valence-corrected chi connectivity index (χ0v) is 8.88. The highest BCUT2D eigenvalue weighted by atomic mass is 16.3. The molecule has 0 aliphatic rings. The first kappa shape index (κ1) is 10.8. The number of rotatable bonds is 3. The SMILES string of the molecule is NCC(O)(c1ccccc1)c1ccccn1. The number of nitrogens with two attached hydrogens (primary N) is 1. The first-order valence-corrected chi connectivity index (χ1v) is 5.17. The molecule has 3 N–H and O–H groups in total. The Kier molecular flexibility index (Phi) is 2.99. The second-order valence-corrected chi connectivity index (χ2v) is 3.65. The third-order valence-corrected chi connectivity index (χ3v) is 2.64. The largest absolute Gasteiger partial charge is 0.377 e. The zero-order chi connectivity index (χ0) is 11.4. The van der Waals surface area contributed by atoms with Gasteiger partial charge in [-0.05, 0) is 17.7 Å². The third-order valence-electron chi connectivity index (χ3n) is 2.64. The van der Waals surface area contributed by atoms with Gasteiger partial charge >= 0.3 is 0 Å². The van der Waals surface area contributed by atoms with Crippen LogP contribution in [0.4, 0.5) is 0 Å². The van der Waals surface area contributed by atoms with E-state index in [4.69, 9.17) is 5.73 Å². The Morgan fingerprint density at radius 1 is 1.06 bits per heavy atom. The smallest absolute Gasteiger partial charge is 0.143 e. The molecule has 1 atom stereocenters. The van der Waals surface area contributed by atoms with Crippen LogP contribution in [-0.2, 0) is 5.60 Å². The van der Waals surface area contributed by atoms with E-state index in [1.165, 1.54) is 0 Å². The maximum atomic E-state index is 10.6. The summed E-state index contributed by atoms with van der Waals surface area (Å²) in [5.41, 5.74) is 5.81. The number of benzene rings is 1. The van der Waals surface area contributed by atoms with Crippen molar-refractivity contribution in [3.8, 4) is 0 Å². The molecule has 3 heteroatoms. The van der Waals surface area contributed by atoms with E-state index < -0.39 is 5.60 Å². The summed E-state index contributed by atoms with van der Waals surface area (Å²) in [4.78, 5) is 4.17. The van der Waals surface area contributed by atoms with Crippen LogP contribution in [0.2, 0.25) is 0 Å². The van der Waals surface area contributed by atoms with Crippen LogP contribution in [-0.4, -0.2) is 16.6 Å². The van der Waals surface area contributed by atoms with Gasteiger partial charge in [-0.15, -0.1) is 0 Å². The molecule has 0 spiro atoms. The molecule has 3 nitrogen and oxygen atoms in total. The van der Waals surface area contributed by atoms with Crippen LogP contribution in [0.5, 0.6) is 0 Å². The van der Waals surface area contributed by atoms with Gasteiger partial charge in [0.05, 0.1) is 5.69 Å². The van der Waals surface area contributed by atoms with Crippen molar-refractivity contribution in [2.75, 3.05) is 6.54 Å². The molecule has 2 aromatic rings. The van der Waals surface area contributed by atoms with Crippen molar-refractivity contribution in [2.24, 2.45) is 5.73 Å². The van der Waals surface area contributed by atoms with Gasteiger partial charge < -0.3 is 10.8 Å². The van der Waals surface area contributed by atoms with Crippen LogP contribution in [0, 0.1) is 0 Å². The van der Waals surface area contributed by atoms with E-state index in [0.29, 0.717) is 5.69 Å². The number of nitrogens with zero attached hydrogens (tertiary/aromatic N) is 1. The molecule has 0 aliphatic carbocycles. The summed E-state index contributed by atoms with van der Waals surface area (Å²) in [5.74, 6) is 0. The van der Waals surface area contributed by atoms with Gasteiger partial charge in [0.1, 0.15) is 5.60 Å². The highest BCUT2D eigenvalue weighted by Gasteiger charge is 2.30. The number of aromatic nitrogens is 1. The van der Waals surface area contributed by atoms with Crippen molar-refractivity contribution in [3.63, 3.8) is 0 Å². The highest BCUT2D eigenvalue weighted by molar-refractivity contribution is 5.32. The number of pyridine rings is 1. The van der Waals surface area contributed by atoms with E-state index >= 15 is 0 Å². The second-order valence-electron chi connectivity index (χ2n) is 3.65. The first-order chi connectivity index (χ1) is 7.77. The highest BCUT2D eigenvalue weighted by Crippen LogP contribution is 2.26. The molecule has 0 radical (unpaired) electrons. The molecular weight excluding hydrogens is 200 g/mol. The van der Waals surface area contributed by atoms with Crippen LogP contribution >= 0.6 is 0 Å². The van der Waals surface area contributed by atoms with Crippen LogP contribution in [0.15, 0.2) is 54.7 Å². The molecule has 1 aromatic heterocycles. The fourth-order valence-electron chi connectivity index (χ4n) is 1.69. The Balaban J connectivity index is 2.49. The topological polar surface area (TPSA) is 59.1 Å². The van der Waals surface area contributed by atoms with Crippen LogP contribution < -0.4 is 5.73 Å². The average molecular weight is 214 g/mol. The lowest BCUT2D eigenvalue weighted by atomic mass is 9.90. The molecule has 1 unspecified atom stereocenters. The van der Waals surface area contributed by atoms with Crippen LogP contribution in [0.3, 0.4) is 0 Å². The molecule has 0 saturated heterocycles. The maximum Gasteiger partial charge on any atom is 0.143 e. The fraction of sp³-hybridized carbons (Fsp3) is 0.154. The number of hydrogen-bond donors (Lipinski definition) is 2. The molecule has 0 amide bonds. The minimum atomic E-state index is -1.21. The summed E-state index contributed by atoms with van der Waals surface area (Å²) >= 11 is 0. The van der Waals surface area contributed by atoms with Gasteiger partial charge in [-0.25, -0.2) is 0 Å². The van der Waals surface area contributed by atoms with Crippen molar-refractivity contribution >= 4 is 0 Å². The van der Waals surface area contributed by atoms with E-state index in [0.717, 1.165) is 5.56 Å². The Morgan fingerprint density at radius 2 is 1.75 bits per heavy atom. The molecule has 1 aromatic carbocycles. The molecule has 16 heavy (non-hydrogen) atoms. The Bertz CT molecular complexity index is 403. The van der Waals surface area contributed by atoms with E-state index in [1.54, 1.807) is 12.3 Å². The zero-order valence-electron chi connectivity index (χ0n) is 8.88. The third kappa shape index (κ3) is 1.83. The minimum absolute atomic E-state index is 0.105. The van der Waals surface area contributed by atoms with Crippen molar-refractivity contribution in [3.05, 3.63) is 66.0 Å². The van der Waals surface area contributed by atoms with Crippen molar-refractivity contribution < 1.29 is 5.11 Å². The minimum Gasteiger partial charge on any atom is -0.377 e. The molecule has 2 rings (SSSR count). The van der Waals surface area contributed by atoms with Gasteiger partial charge in [-0.3, -0.25) is 4.98 Å². The summed E-state index contributed by atoms with van der Waals surface area (Å²) in [5, 5.41) is 10.6. The van der Waals surface area contributed by atoms with Crippen molar-refractivity contribution in [1.29, 1.82) is 0 Å². The van der Waals surface area contributed by atoms with Gasteiger partial charge in [0.2, 0.25) is 0 Å². The fourth-order valence-corrected chi connectivity index (χ4v) is 1.69. The summed E-state index contributed by atoms with van der Waals surface area (Å²) in [6.45, 7) is 0.105. The second kappa shape index (κ2) is 4.43. The van der Waals surface area contributed by atoms with Gasteiger partial charge in [-0.1, -0.05) is 36.4 Å². The van der Waals surface area contributed by atoms with Crippen molar-refractivity contribution in [2.45, 2.75) is 5.60 Å². The molecule has 0 saturated carbocycles. The lowest BCUT2D eigenvalue weighted by Gasteiger charge is -2.26. The van der Waals surface area contributed by atoms with E-state index in [9.17, 15) is 5.11 Å². The molecule has 82 valence electrons. The van der Waals surface area contributed by atoms with Gasteiger partial charge in [0.25, 0.3) is 0 Å². The van der Waals surface area contributed by atoms with Gasteiger partial charge in [0.15, 0.2) is 0 Å². The lowest BCUT2D eigenvalue weighted by Crippen LogP contribution is -2.36. The van der Waals surface area contributed by atoms with Crippen molar-refractivity contribution in [1.82, 2.24) is 4.98 Å². The van der Waals surface area contributed by atoms with E-state index in [-0.39, 0.29) is 6.54 Å². The number of aliphatic hydroxyl groups is 1. The van der Waals surface area contributed by atoms with E-state index in [1.807, 2.05) is 42.5 Å². The van der Waals surface area contributed by atoms with Crippen LogP contribution in [0.25, 0.3) is 0 Å². The molecule has 0 fully saturated rings. The molecule has 0 bridgehead atoms.